The zero-order valence-corrected chi connectivity index (χ0v) is 12.7. The summed E-state index contributed by atoms with van der Waals surface area (Å²) in [5.74, 6) is 3.60. The van der Waals surface area contributed by atoms with Crippen molar-refractivity contribution in [2.45, 2.75) is 40.0 Å². The van der Waals surface area contributed by atoms with Crippen molar-refractivity contribution in [3.05, 3.63) is 11.4 Å². The van der Waals surface area contributed by atoms with E-state index in [0.717, 1.165) is 42.5 Å². The lowest BCUT2D eigenvalue weighted by Crippen LogP contribution is -2.22. The molecule has 0 aliphatic heterocycles. The zero-order chi connectivity index (χ0) is 14.5. The quantitative estimate of drug-likeness (QED) is 0.745. The van der Waals surface area contributed by atoms with Crippen LogP contribution in [0.4, 0.5) is 11.6 Å². The summed E-state index contributed by atoms with van der Waals surface area (Å²) in [6, 6.07) is 0. The van der Waals surface area contributed by atoms with E-state index in [2.05, 4.69) is 27.5 Å². The molecule has 5 nitrogen and oxygen atoms in total. The van der Waals surface area contributed by atoms with Crippen LogP contribution in [0.1, 0.15) is 37.6 Å². The minimum absolute atomic E-state index is 0.302. The molecule has 2 rings (SSSR count). The molecule has 2 atom stereocenters. The van der Waals surface area contributed by atoms with Crippen LogP contribution in [0.25, 0.3) is 0 Å². The number of hydrogen-bond donors (Lipinski definition) is 3. The van der Waals surface area contributed by atoms with Crippen LogP contribution in [0.5, 0.6) is 0 Å². The van der Waals surface area contributed by atoms with Crippen molar-refractivity contribution in [3.8, 4) is 0 Å². The fourth-order valence-corrected chi connectivity index (χ4v) is 2.99. The van der Waals surface area contributed by atoms with Crippen molar-refractivity contribution < 1.29 is 5.11 Å². The van der Waals surface area contributed by atoms with Gasteiger partial charge in [0.2, 0.25) is 0 Å². The van der Waals surface area contributed by atoms with E-state index in [1.165, 1.54) is 12.8 Å². The van der Waals surface area contributed by atoms with Crippen LogP contribution >= 0.6 is 0 Å². The number of aryl methyl sites for hydroxylation is 1. The highest BCUT2D eigenvalue weighted by Gasteiger charge is 2.26. The van der Waals surface area contributed by atoms with Crippen LogP contribution in [0.15, 0.2) is 0 Å². The predicted molar refractivity (Wildman–Crippen MR) is 82.1 cm³/mol. The lowest BCUT2D eigenvalue weighted by atomic mass is 9.97. The predicted octanol–water partition coefficient (Wildman–Crippen LogP) is 2.35. The molecule has 1 aliphatic rings. The van der Waals surface area contributed by atoms with Gasteiger partial charge in [0.15, 0.2) is 0 Å². The minimum Gasteiger partial charge on any atom is -0.396 e. The Morgan fingerprint density at radius 2 is 1.75 bits per heavy atom. The average molecular weight is 278 g/mol. The van der Waals surface area contributed by atoms with Crippen molar-refractivity contribution in [3.63, 3.8) is 0 Å². The van der Waals surface area contributed by atoms with Crippen LogP contribution < -0.4 is 10.6 Å². The summed E-state index contributed by atoms with van der Waals surface area (Å²) >= 11 is 0. The van der Waals surface area contributed by atoms with Gasteiger partial charge in [-0.25, -0.2) is 9.97 Å². The Morgan fingerprint density at radius 1 is 1.10 bits per heavy atom. The van der Waals surface area contributed by atoms with Crippen molar-refractivity contribution in [2.24, 2.45) is 11.8 Å². The smallest absolute Gasteiger partial charge is 0.134 e. The van der Waals surface area contributed by atoms with Gasteiger partial charge in [-0.3, -0.25) is 0 Å². The molecule has 0 bridgehead atoms. The van der Waals surface area contributed by atoms with Crippen molar-refractivity contribution in [1.82, 2.24) is 9.97 Å². The Balaban J connectivity index is 2.05. The first-order valence-corrected chi connectivity index (χ1v) is 7.59. The lowest BCUT2D eigenvalue weighted by Gasteiger charge is -2.20. The molecule has 5 heteroatoms. The topological polar surface area (TPSA) is 70.1 Å². The van der Waals surface area contributed by atoms with Gasteiger partial charge in [0.05, 0.1) is 0 Å². The summed E-state index contributed by atoms with van der Waals surface area (Å²) in [5, 5.41) is 16.1. The second-order valence-electron chi connectivity index (χ2n) is 5.64. The van der Waals surface area contributed by atoms with Crippen molar-refractivity contribution >= 4 is 11.6 Å². The summed E-state index contributed by atoms with van der Waals surface area (Å²) in [6.45, 7) is 8.06. The first-order valence-electron chi connectivity index (χ1n) is 7.59. The molecule has 3 N–H and O–H groups in total. The molecular weight excluding hydrogens is 252 g/mol. The number of anilines is 2. The van der Waals surface area contributed by atoms with Gasteiger partial charge in [-0.2, -0.15) is 0 Å². The third-order valence-corrected chi connectivity index (χ3v) is 4.18. The average Bonchev–Trinajstić information content (AvgIpc) is 2.88. The fraction of sp³-hybridized carbons (Fsp3) is 0.733. The molecule has 112 valence electrons. The lowest BCUT2D eigenvalue weighted by molar-refractivity contribution is 0.199. The zero-order valence-electron chi connectivity index (χ0n) is 12.7. The van der Waals surface area contributed by atoms with Gasteiger partial charge in [0.1, 0.15) is 17.5 Å². The molecular formula is C15H26N4O. The van der Waals surface area contributed by atoms with Crippen molar-refractivity contribution in [1.29, 1.82) is 0 Å². The minimum atomic E-state index is 0.302. The molecule has 0 radical (unpaired) electrons. The molecule has 1 heterocycles. The normalized spacial score (nSPS) is 22.0. The Hall–Kier alpha value is -1.36. The Bertz CT molecular complexity index is 450. The van der Waals surface area contributed by atoms with Crippen LogP contribution in [-0.4, -0.2) is 34.8 Å². The van der Waals surface area contributed by atoms with E-state index >= 15 is 0 Å². The molecule has 1 aromatic rings. The van der Waals surface area contributed by atoms with Crippen LogP contribution in [0.3, 0.4) is 0 Å². The monoisotopic (exact) mass is 278 g/mol. The third-order valence-electron chi connectivity index (χ3n) is 4.18. The number of hydrogen-bond acceptors (Lipinski definition) is 5. The number of aliphatic hydroxyl groups is 1. The number of nitrogens with zero attached hydrogens (tertiary/aromatic N) is 2. The standard InChI is InChI=1S/C15H26N4O/c1-4-16-14-10(2)15(19-11(3)18-14)17-8-12-6-5-7-13(12)9-20/h12-13,20H,4-9H2,1-3H3,(H2,16,17,18,19). The highest BCUT2D eigenvalue weighted by atomic mass is 16.3. The van der Waals surface area contributed by atoms with E-state index in [0.29, 0.717) is 18.4 Å². The van der Waals surface area contributed by atoms with Gasteiger partial charge < -0.3 is 15.7 Å². The summed E-state index contributed by atoms with van der Waals surface area (Å²) in [5.41, 5.74) is 1.07. The maximum Gasteiger partial charge on any atom is 0.134 e. The Labute approximate surface area is 121 Å². The molecule has 1 aromatic heterocycles. The maximum absolute atomic E-state index is 9.38. The number of aliphatic hydroxyl groups excluding tert-OH is 1. The van der Waals surface area contributed by atoms with Gasteiger partial charge in [0, 0.05) is 25.3 Å². The second-order valence-corrected chi connectivity index (χ2v) is 5.64. The number of aromatic nitrogens is 2. The molecule has 1 aliphatic carbocycles. The van der Waals surface area contributed by atoms with Gasteiger partial charge in [-0.1, -0.05) is 6.42 Å². The van der Waals surface area contributed by atoms with Gasteiger partial charge >= 0.3 is 0 Å². The second kappa shape index (κ2) is 6.88. The first-order chi connectivity index (χ1) is 9.65. The van der Waals surface area contributed by atoms with Gasteiger partial charge in [-0.05, 0) is 45.4 Å². The highest BCUT2D eigenvalue weighted by molar-refractivity contribution is 5.57. The fourth-order valence-electron chi connectivity index (χ4n) is 2.99. The third kappa shape index (κ3) is 3.39. The van der Waals surface area contributed by atoms with E-state index in [9.17, 15) is 5.11 Å². The Kier molecular flexibility index (Phi) is 5.17. The molecule has 2 unspecified atom stereocenters. The molecule has 20 heavy (non-hydrogen) atoms. The SMILES string of the molecule is CCNc1nc(C)nc(NCC2CCCC2CO)c1C. The van der Waals surface area contributed by atoms with E-state index in [1.807, 2.05) is 13.8 Å². The summed E-state index contributed by atoms with van der Waals surface area (Å²) in [7, 11) is 0. The van der Waals surface area contributed by atoms with Crippen LogP contribution in [0.2, 0.25) is 0 Å². The number of nitrogens with one attached hydrogen (secondary N) is 2. The highest BCUT2D eigenvalue weighted by Crippen LogP contribution is 2.31. The van der Waals surface area contributed by atoms with Crippen molar-refractivity contribution in [2.75, 3.05) is 30.3 Å². The van der Waals surface area contributed by atoms with E-state index in [4.69, 9.17) is 0 Å². The largest absolute Gasteiger partial charge is 0.396 e. The van der Waals surface area contributed by atoms with Crippen LogP contribution in [-0.2, 0) is 0 Å². The molecule has 0 aromatic carbocycles. The Morgan fingerprint density at radius 3 is 2.40 bits per heavy atom. The van der Waals surface area contributed by atoms with Crippen LogP contribution in [0, 0.1) is 25.7 Å². The molecule has 1 fully saturated rings. The summed E-state index contributed by atoms with van der Waals surface area (Å²) < 4.78 is 0. The first kappa shape index (κ1) is 15.0. The maximum atomic E-state index is 9.38. The number of rotatable bonds is 6. The van der Waals surface area contributed by atoms with E-state index in [-0.39, 0.29) is 0 Å². The van der Waals surface area contributed by atoms with E-state index < -0.39 is 0 Å². The van der Waals surface area contributed by atoms with E-state index in [1.54, 1.807) is 0 Å². The molecule has 0 spiro atoms. The van der Waals surface area contributed by atoms with Gasteiger partial charge in [0.25, 0.3) is 0 Å². The molecule has 0 amide bonds. The molecule has 0 saturated heterocycles. The molecule has 1 saturated carbocycles. The summed E-state index contributed by atoms with van der Waals surface area (Å²) in [6.07, 6.45) is 3.57. The summed E-state index contributed by atoms with van der Waals surface area (Å²) in [4.78, 5) is 8.93. The van der Waals surface area contributed by atoms with Gasteiger partial charge in [-0.15, -0.1) is 0 Å².